The summed E-state index contributed by atoms with van der Waals surface area (Å²) in [6.07, 6.45) is 3.54. The molecule has 1 amide bonds. The summed E-state index contributed by atoms with van der Waals surface area (Å²) in [5.41, 5.74) is 1.81. The second kappa shape index (κ2) is 7.38. The molecule has 1 N–H and O–H groups in total. The number of halogens is 1. The minimum atomic E-state index is -0.272. The van der Waals surface area contributed by atoms with Gasteiger partial charge in [-0.3, -0.25) is 4.79 Å². The third-order valence-corrected chi connectivity index (χ3v) is 4.24. The zero-order chi connectivity index (χ0) is 16.9. The molecule has 2 heterocycles. The first-order valence-electron chi connectivity index (χ1n) is 8.18. The highest BCUT2D eigenvalue weighted by Gasteiger charge is 2.26. The molecule has 1 aliphatic heterocycles. The molecule has 1 saturated heterocycles. The highest BCUT2D eigenvalue weighted by molar-refractivity contribution is 5.79. The van der Waals surface area contributed by atoms with E-state index in [2.05, 4.69) is 20.2 Å². The first-order chi connectivity index (χ1) is 11.6. The maximum atomic E-state index is 12.9. The van der Waals surface area contributed by atoms with Crippen molar-refractivity contribution in [2.75, 3.05) is 18.0 Å². The number of amides is 1. The van der Waals surface area contributed by atoms with E-state index in [4.69, 9.17) is 0 Å². The summed E-state index contributed by atoms with van der Waals surface area (Å²) in [7, 11) is 0. The van der Waals surface area contributed by atoms with Crippen molar-refractivity contribution in [3.05, 3.63) is 53.6 Å². The number of hydrogen-bond acceptors (Lipinski definition) is 4. The van der Waals surface area contributed by atoms with Gasteiger partial charge in [0.25, 0.3) is 0 Å². The Morgan fingerprint density at radius 1 is 1.33 bits per heavy atom. The van der Waals surface area contributed by atoms with Crippen LogP contribution in [-0.2, 0) is 11.3 Å². The molecule has 126 valence electrons. The molecule has 0 spiro atoms. The lowest BCUT2D eigenvalue weighted by atomic mass is 9.97. The molecular formula is C18H21FN4O. The van der Waals surface area contributed by atoms with Crippen molar-refractivity contribution in [2.24, 2.45) is 5.92 Å². The predicted octanol–water partition coefficient (Wildman–Crippen LogP) is 2.46. The van der Waals surface area contributed by atoms with Gasteiger partial charge in [-0.15, -0.1) is 0 Å². The van der Waals surface area contributed by atoms with Crippen LogP contribution in [-0.4, -0.2) is 29.0 Å². The monoisotopic (exact) mass is 328 g/mol. The van der Waals surface area contributed by atoms with E-state index >= 15 is 0 Å². The summed E-state index contributed by atoms with van der Waals surface area (Å²) < 4.78 is 12.9. The number of piperidine rings is 1. The standard InChI is InChI=1S/C18H21FN4O/c1-13-8-9-20-18(22-13)23-10-2-3-15(12-23)17(24)21-11-14-4-6-16(19)7-5-14/h4-9,15H,2-3,10-12H2,1H3,(H,21,24). The number of hydrogen-bond donors (Lipinski definition) is 1. The van der Waals surface area contributed by atoms with Gasteiger partial charge in [-0.25, -0.2) is 14.4 Å². The van der Waals surface area contributed by atoms with Crippen molar-refractivity contribution >= 4 is 11.9 Å². The number of nitrogens with zero attached hydrogens (tertiary/aromatic N) is 3. The van der Waals surface area contributed by atoms with Crippen LogP contribution in [0.5, 0.6) is 0 Å². The Labute approximate surface area is 140 Å². The van der Waals surface area contributed by atoms with Gasteiger partial charge in [0, 0.05) is 31.5 Å². The van der Waals surface area contributed by atoms with E-state index in [1.165, 1.54) is 12.1 Å². The van der Waals surface area contributed by atoms with E-state index in [1.54, 1.807) is 18.3 Å². The Morgan fingerprint density at radius 2 is 2.12 bits per heavy atom. The molecule has 6 heteroatoms. The van der Waals surface area contributed by atoms with Gasteiger partial charge in [0.2, 0.25) is 11.9 Å². The van der Waals surface area contributed by atoms with Gasteiger partial charge < -0.3 is 10.2 Å². The predicted molar refractivity (Wildman–Crippen MR) is 90.0 cm³/mol. The molecule has 0 bridgehead atoms. The third-order valence-electron chi connectivity index (χ3n) is 4.24. The first-order valence-corrected chi connectivity index (χ1v) is 8.18. The van der Waals surface area contributed by atoms with E-state index in [0.717, 1.165) is 30.6 Å². The molecule has 5 nitrogen and oxygen atoms in total. The second-order valence-electron chi connectivity index (χ2n) is 6.13. The van der Waals surface area contributed by atoms with E-state index in [9.17, 15) is 9.18 Å². The third kappa shape index (κ3) is 4.07. The largest absolute Gasteiger partial charge is 0.352 e. The second-order valence-corrected chi connectivity index (χ2v) is 6.13. The minimum absolute atomic E-state index is 0.0247. The summed E-state index contributed by atoms with van der Waals surface area (Å²) >= 11 is 0. The number of anilines is 1. The molecule has 2 aromatic rings. The SMILES string of the molecule is Cc1ccnc(N2CCCC(C(=O)NCc3ccc(F)cc3)C2)n1. The van der Waals surface area contributed by atoms with Gasteiger partial charge in [0.15, 0.2) is 0 Å². The summed E-state index contributed by atoms with van der Waals surface area (Å²) in [5, 5.41) is 2.94. The van der Waals surface area contributed by atoms with Crippen LogP contribution in [0.1, 0.15) is 24.1 Å². The number of nitrogens with one attached hydrogen (secondary N) is 1. The molecule has 24 heavy (non-hydrogen) atoms. The molecular weight excluding hydrogens is 307 g/mol. The molecule has 1 aliphatic rings. The summed E-state index contributed by atoms with van der Waals surface area (Å²) in [6, 6.07) is 8.03. The average Bonchev–Trinajstić information content (AvgIpc) is 2.61. The van der Waals surface area contributed by atoms with Crippen molar-refractivity contribution in [3.63, 3.8) is 0 Å². The van der Waals surface area contributed by atoms with Crippen molar-refractivity contribution in [1.29, 1.82) is 0 Å². The van der Waals surface area contributed by atoms with Gasteiger partial charge >= 0.3 is 0 Å². The summed E-state index contributed by atoms with van der Waals surface area (Å²) in [4.78, 5) is 23.2. The summed E-state index contributed by atoms with van der Waals surface area (Å²) in [6.45, 7) is 3.84. The summed E-state index contributed by atoms with van der Waals surface area (Å²) in [5.74, 6) is 0.358. The molecule has 1 aromatic heterocycles. The Balaban J connectivity index is 1.57. The van der Waals surface area contributed by atoms with E-state index in [0.29, 0.717) is 19.0 Å². The zero-order valence-corrected chi connectivity index (χ0v) is 13.7. The molecule has 1 fully saturated rings. The van der Waals surface area contributed by atoms with Crippen LogP contribution in [0, 0.1) is 18.7 Å². The van der Waals surface area contributed by atoms with Gasteiger partial charge in [0.1, 0.15) is 5.82 Å². The van der Waals surface area contributed by atoms with Crippen LogP contribution < -0.4 is 10.2 Å². The van der Waals surface area contributed by atoms with Crippen LogP contribution in [0.25, 0.3) is 0 Å². The van der Waals surface area contributed by atoms with E-state index in [-0.39, 0.29) is 17.6 Å². The number of carbonyl (C=O) groups excluding carboxylic acids is 1. The van der Waals surface area contributed by atoms with Crippen molar-refractivity contribution < 1.29 is 9.18 Å². The number of rotatable bonds is 4. The fourth-order valence-electron chi connectivity index (χ4n) is 2.90. The van der Waals surface area contributed by atoms with E-state index < -0.39 is 0 Å². The van der Waals surface area contributed by atoms with Gasteiger partial charge in [-0.2, -0.15) is 0 Å². The van der Waals surface area contributed by atoms with Crippen molar-refractivity contribution in [2.45, 2.75) is 26.3 Å². The lowest BCUT2D eigenvalue weighted by Crippen LogP contribution is -2.43. The van der Waals surface area contributed by atoms with Gasteiger partial charge in [0.05, 0.1) is 5.92 Å². The lowest BCUT2D eigenvalue weighted by Gasteiger charge is -2.32. The molecule has 0 radical (unpaired) electrons. The fraction of sp³-hybridized carbons (Fsp3) is 0.389. The number of aromatic nitrogens is 2. The number of aryl methyl sites for hydroxylation is 1. The highest BCUT2D eigenvalue weighted by Crippen LogP contribution is 2.20. The topological polar surface area (TPSA) is 58.1 Å². The number of carbonyl (C=O) groups is 1. The normalized spacial score (nSPS) is 17.6. The van der Waals surface area contributed by atoms with Crippen LogP contribution >= 0.6 is 0 Å². The van der Waals surface area contributed by atoms with Crippen LogP contribution in [0.4, 0.5) is 10.3 Å². The smallest absolute Gasteiger partial charge is 0.225 e. The minimum Gasteiger partial charge on any atom is -0.352 e. The quantitative estimate of drug-likeness (QED) is 0.937. The Bertz CT molecular complexity index is 704. The highest BCUT2D eigenvalue weighted by atomic mass is 19.1. The fourth-order valence-corrected chi connectivity index (χ4v) is 2.90. The maximum absolute atomic E-state index is 12.9. The Hall–Kier alpha value is -2.50. The van der Waals surface area contributed by atoms with Crippen LogP contribution in [0.2, 0.25) is 0 Å². The van der Waals surface area contributed by atoms with Gasteiger partial charge in [-0.1, -0.05) is 12.1 Å². The molecule has 1 unspecified atom stereocenters. The molecule has 0 aliphatic carbocycles. The first kappa shape index (κ1) is 16.4. The van der Waals surface area contributed by atoms with Crippen LogP contribution in [0.15, 0.2) is 36.5 Å². The zero-order valence-electron chi connectivity index (χ0n) is 13.7. The molecule has 1 aromatic carbocycles. The van der Waals surface area contributed by atoms with Gasteiger partial charge in [-0.05, 0) is 43.5 Å². The molecule has 1 atom stereocenters. The van der Waals surface area contributed by atoms with E-state index in [1.807, 2.05) is 13.0 Å². The Kier molecular flexibility index (Phi) is 5.03. The average molecular weight is 328 g/mol. The van der Waals surface area contributed by atoms with Crippen molar-refractivity contribution in [1.82, 2.24) is 15.3 Å². The molecule has 3 rings (SSSR count). The number of benzene rings is 1. The van der Waals surface area contributed by atoms with Crippen molar-refractivity contribution in [3.8, 4) is 0 Å². The van der Waals surface area contributed by atoms with Crippen LogP contribution in [0.3, 0.4) is 0 Å². The Morgan fingerprint density at radius 3 is 2.88 bits per heavy atom. The lowest BCUT2D eigenvalue weighted by molar-refractivity contribution is -0.125. The maximum Gasteiger partial charge on any atom is 0.225 e. The molecule has 0 saturated carbocycles.